The van der Waals surface area contributed by atoms with Crippen molar-refractivity contribution in [2.24, 2.45) is 5.92 Å². The Morgan fingerprint density at radius 3 is 3.25 bits per heavy atom. The van der Waals surface area contributed by atoms with Crippen molar-refractivity contribution in [2.45, 2.75) is 19.5 Å². The number of hydrogen-bond acceptors (Lipinski definition) is 5. The highest BCUT2D eigenvalue weighted by atomic mass is 16.5. The molecule has 3 heterocycles. The topological polar surface area (TPSA) is 64.2 Å². The van der Waals surface area contributed by atoms with Gasteiger partial charge < -0.3 is 19.8 Å². The van der Waals surface area contributed by atoms with E-state index in [-0.39, 0.29) is 6.04 Å². The highest BCUT2D eigenvalue weighted by Crippen LogP contribution is 2.31. The third-order valence-corrected chi connectivity index (χ3v) is 4.61. The van der Waals surface area contributed by atoms with Crippen LogP contribution in [0.4, 0.5) is 5.82 Å². The first-order valence-electron chi connectivity index (χ1n) is 8.30. The number of para-hydroxylation sites is 1. The predicted molar refractivity (Wildman–Crippen MR) is 93.4 cm³/mol. The Kier molecular flexibility index (Phi) is 3.90. The van der Waals surface area contributed by atoms with Crippen molar-refractivity contribution in [1.29, 1.82) is 0 Å². The number of nitrogens with one attached hydrogen (secondary N) is 2. The molecule has 0 spiro atoms. The third kappa shape index (κ3) is 2.73. The normalized spacial score (nSPS) is 18.2. The summed E-state index contributed by atoms with van der Waals surface area (Å²) in [5, 5.41) is 12.4. The van der Waals surface area contributed by atoms with E-state index in [2.05, 4.69) is 28.7 Å². The molecule has 0 amide bonds. The standard InChI is InChI=1S/C18H22N4O2/c1-12(16-8-14-4-3-5-15(23-2)18(14)24-16)19-9-13-10-20-17-6-7-21-22(17)11-13/h3-8,12-13,19-20H,9-11H2,1-2H3/t12-,13+/m1/s1. The van der Waals surface area contributed by atoms with E-state index in [1.54, 1.807) is 7.11 Å². The molecule has 0 saturated carbocycles. The molecule has 1 aromatic carbocycles. The van der Waals surface area contributed by atoms with Crippen LogP contribution in [0.25, 0.3) is 11.0 Å². The van der Waals surface area contributed by atoms with E-state index < -0.39 is 0 Å². The van der Waals surface area contributed by atoms with Crippen molar-refractivity contribution in [2.75, 3.05) is 25.5 Å². The maximum Gasteiger partial charge on any atom is 0.176 e. The Labute approximate surface area is 140 Å². The van der Waals surface area contributed by atoms with Crippen molar-refractivity contribution >= 4 is 16.8 Å². The van der Waals surface area contributed by atoms with Crippen LogP contribution in [-0.2, 0) is 6.54 Å². The number of hydrogen-bond donors (Lipinski definition) is 2. The van der Waals surface area contributed by atoms with Gasteiger partial charge in [0.15, 0.2) is 11.3 Å². The molecule has 1 aliphatic heterocycles. The molecule has 6 heteroatoms. The molecule has 3 aromatic rings. The summed E-state index contributed by atoms with van der Waals surface area (Å²) in [6.45, 7) is 4.92. The molecule has 0 unspecified atom stereocenters. The number of fused-ring (bicyclic) bond motifs is 2. The monoisotopic (exact) mass is 326 g/mol. The number of ether oxygens (including phenoxy) is 1. The van der Waals surface area contributed by atoms with Crippen molar-refractivity contribution in [3.63, 3.8) is 0 Å². The number of methoxy groups -OCH3 is 1. The Balaban J connectivity index is 1.42. The largest absolute Gasteiger partial charge is 0.493 e. The van der Waals surface area contributed by atoms with Crippen LogP contribution in [0, 0.1) is 5.92 Å². The van der Waals surface area contributed by atoms with E-state index in [9.17, 15) is 0 Å². The molecule has 0 fully saturated rings. The van der Waals surface area contributed by atoms with Gasteiger partial charge in [-0.15, -0.1) is 0 Å². The summed E-state index contributed by atoms with van der Waals surface area (Å²) in [7, 11) is 1.66. The zero-order valence-corrected chi connectivity index (χ0v) is 14.0. The van der Waals surface area contributed by atoms with E-state index >= 15 is 0 Å². The Bertz CT molecular complexity index is 839. The summed E-state index contributed by atoms with van der Waals surface area (Å²) in [5.74, 6) is 3.30. The number of anilines is 1. The fourth-order valence-corrected chi connectivity index (χ4v) is 3.20. The lowest BCUT2D eigenvalue weighted by molar-refractivity contribution is 0.357. The van der Waals surface area contributed by atoms with Gasteiger partial charge in [-0.2, -0.15) is 5.10 Å². The maximum atomic E-state index is 6.01. The Morgan fingerprint density at radius 2 is 2.38 bits per heavy atom. The summed E-state index contributed by atoms with van der Waals surface area (Å²) in [6, 6.07) is 10.2. The average Bonchev–Trinajstić information content (AvgIpc) is 3.25. The fraction of sp³-hybridized carbons (Fsp3) is 0.389. The van der Waals surface area contributed by atoms with Crippen LogP contribution in [0.5, 0.6) is 5.75 Å². The van der Waals surface area contributed by atoms with Crippen LogP contribution in [0.1, 0.15) is 18.7 Å². The zero-order valence-electron chi connectivity index (χ0n) is 14.0. The first-order valence-corrected chi connectivity index (χ1v) is 8.30. The second-order valence-electron chi connectivity index (χ2n) is 6.30. The van der Waals surface area contributed by atoms with E-state index in [1.165, 1.54) is 0 Å². The van der Waals surface area contributed by atoms with Gasteiger partial charge in [0.05, 0.1) is 19.3 Å². The summed E-state index contributed by atoms with van der Waals surface area (Å²) < 4.78 is 13.4. The van der Waals surface area contributed by atoms with Crippen LogP contribution in [0.2, 0.25) is 0 Å². The van der Waals surface area contributed by atoms with Crippen molar-refractivity contribution in [3.05, 3.63) is 42.3 Å². The molecule has 4 rings (SSSR count). The van der Waals surface area contributed by atoms with E-state index in [0.717, 1.165) is 47.9 Å². The first kappa shape index (κ1) is 15.1. The highest BCUT2D eigenvalue weighted by molar-refractivity contribution is 5.83. The molecular formula is C18H22N4O2. The first-order chi connectivity index (χ1) is 11.7. The molecule has 6 nitrogen and oxygen atoms in total. The van der Waals surface area contributed by atoms with E-state index in [4.69, 9.17) is 9.15 Å². The maximum absolute atomic E-state index is 6.01. The van der Waals surface area contributed by atoms with Gasteiger partial charge in [0.2, 0.25) is 0 Å². The molecule has 0 aliphatic carbocycles. The summed E-state index contributed by atoms with van der Waals surface area (Å²) >= 11 is 0. The minimum Gasteiger partial charge on any atom is -0.493 e. The second-order valence-corrected chi connectivity index (χ2v) is 6.30. The van der Waals surface area contributed by atoms with Gasteiger partial charge in [-0.3, -0.25) is 0 Å². The summed E-state index contributed by atoms with van der Waals surface area (Å²) in [5.41, 5.74) is 0.809. The van der Waals surface area contributed by atoms with Crippen LogP contribution < -0.4 is 15.4 Å². The number of aromatic nitrogens is 2. The van der Waals surface area contributed by atoms with Gasteiger partial charge in [-0.1, -0.05) is 12.1 Å². The molecule has 2 aromatic heterocycles. The number of furan rings is 1. The molecule has 0 saturated heterocycles. The minimum absolute atomic E-state index is 0.140. The van der Waals surface area contributed by atoms with Crippen molar-refractivity contribution in [1.82, 2.24) is 15.1 Å². The van der Waals surface area contributed by atoms with Gasteiger partial charge in [-0.25, -0.2) is 4.68 Å². The summed E-state index contributed by atoms with van der Waals surface area (Å²) in [6.07, 6.45) is 1.84. The molecule has 2 N–H and O–H groups in total. The molecular weight excluding hydrogens is 304 g/mol. The molecule has 0 bridgehead atoms. The van der Waals surface area contributed by atoms with Gasteiger partial charge in [0, 0.05) is 37.0 Å². The molecule has 2 atom stereocenters. The Hall–Kier alpha value is -2.47. The molecule has 0 radical (unpaired) electrons. The molecule has 24 heavy (non-hydrogen) atoms. The SMILES string of the molecule is COc1cccc2cc([C@@H](C)NC[C@H]3CNc4ccnn4C3)oc12. The Morgan fingerprint density at radius 1 is 1.46 bits per heavy atom. The van der Waals surface area contributed by atoms with E-state index in [1.807, 2.05) is 35.1 Å². The van der Waals surface area contributed by atoms with Crippen LogP contribution in [0.15, 0.2) is 40.9 Å². The van der Waals surface area contributed by atoms with Crippen molar-refractivity contribution < 1.29 is 9.15 Å². The molecule has 126 valence electrons. The minimum atomic E-state index is 0.140. The quantitative estimate of drug-likeness (QED) is 0.754. The van der Waals surface area contributed by atoms with Crippen LogP contribution in [-0.4, -0.2) is 30.0 Å². The van der Waals surface area contributed by atoms with Crippen LogP contribution >= 0.6 is 0 Å². The van der Waals surface area contributed by atoms with Gasteiger partial charge in [0.25, 0.3) is 0 Å². The third-order valence-electron chi connectivity index (χ3n) is 4.61. The average molecular weight is 326 g/mol. The number of nitrogens with zero attached hydrogens (tertiary/aromatic N) is 2. The van der Waals surface area contributed by atoms with Gasteiger partial charge in [0.1, 0.15) is 11.6 Å². The lowest BCUT2D eigenvalue weighted by Crippen LogP contribution is -2.36. The second kappa shape index (κ2) is 6.20. The summed E-state index contributed by atoms with van der Waals surface area (Å²) in [4.78, 5) is 0. The van der Waals surface area contributed by atoms with E-state index in [0.29, 0.717) is 5.92 Å². The number of benzene rings is 1. The van der Waals surface area contributed by atoms with Crippen molar-refractivity contribution in [3.8, 4) is 5.75 Å². The predicted octanol–water partition coefficient (Wildman–Crippen LogP) is 3.03. The zero-order chi connectivity index (χ0) is 16.5. The number of rotatable bonds is 5. The fourth-order valence-electron chi connectivity index (χ4n) is 3.20. The van der Waals surface area contributed by atoms with Gasteiger partial charge in [-0.05, 0) is 19.1 Å². The lowest BCUT2D eigenvalue weighted by Gasteiger charge is -2.26. The van der Waals surface area contributed by atoms with Gasteiger partial charge >= 0.3 is 0 Å². The lowest BCUT2D eigenvalue weighted by atomic mass is 10.1. The van der Waals surface area contributed by atoms with Crippen LogP contribution in [0.3, 0.4) is 0 Å². The smallest absolute Gasteiger partial charge is 0.176 e. The highest BCUT2D eigenvalue weighted by Gasteiger charge is 2.20. The molecule has 1 aliphatic rings.